The zero-order valence-electron chi connectivity index (χ0n) is 9.59. The molecular formula is C12H11BrN2O2S. The van der Waals surface area contributed by atoms with E-state index in [1.807, 2.05) is 6.92 Å². The van der Waals surface area contributed by atoms with Crippen molar-refractivity contribution in [3.63, 3.8) is 0 Å². The highest BCUT2D eigenvalue weighted by Gasteiger charge is 2.14. The van der Waals surface area contributed by atoms with E-state index in [2.05, 4.69) is 25.6 Å². The number of benzene rings is 1. The molecule has 1 aromatic carbocycles. The van der Waals surface area contributed by atoms with Crippen LogP contribution in [0.4, 0.5) is 5.69 Å². The Morgan fingerprint density at radius 1 is 1.28 bits per heavy atom. The van der Waals surface area contributed by atoms with Crippen LogP contribution >= 0.6 is 15.9 Å². The number of hydrogen-bond donors (Lipinski definition) is 1. The summed E-state index contributed by atoms with van der Waals surface area (Å²) in [6.07, 6.45) is 2.84. The summed E-state index contributed by atoms with van der Waals surface area (Å²) < 4.78 is 27.5. The van der Waals surface area contributed by atoms with Crippen LogP contribution in [0.25, 0.3) is 0 Å². The molecule has 2 rings (SSSR count). The molecule has 0 unspecified atom stereocenters. The van der Waals surface area contributed by atoms with Crippen LogP contribution in [-0.2, 0) is 10.0 Å². The Morgan fingerprint density at radius 3 is 2.67 bits per heavy atom. The monoisotopic (exact) mass is 326 g/mol. The Labute approximate surface area is 114 Å². The van der Waals surface area contributed by atoms with E-state index >= 15 is 0 Å². The van der Waals surface area contributed by atoms with Crippen LogP contribution in [0.5, 0.6) is 0 Å². The lowest BCUT2D eigenvalue weighted by molar-refractivity contribution is 0.601. The lowest BCUT2D eigenvalue weighted by Gasteiger charge is -2.08. The first-order valence-electron chi connectivity index (χ1n) is 5.18. The van der Waals surface area contributed by atoms with Gasteiger partial charge in [0.2, 0.25) is 0 Å². The molecule has 1 heterocycles. The van der Waals surface area contributed by atoms with Gasteiger partial charge >= 0.3 is 0 Å². The number of hydrogen-bond acceptors (Lipinski definition) is 3. The number of pyridine rings is 1. The van der Waals surface area contributed by atoms with E-state index in [0.29, 0.717) is 5.69 Å². The smallest absolute Gasteiger partial charge is 0.263 e. The van der Waals surface area contributed by atoms with Gasteiger partial charge in [-0.05, 0) is 42.8 Å². The predicted octanol–water partition coefficient (Wildman–Crippen LogP) is 2.95. The van der Waals surface area contributed by atoms with Gasteiger partial charge in [-0.3, -0.25) is 9.71 Å². The molecule has 18 heavy (non-hydrogen) atoms. The van der Waals surface area contributed by atoms with Crippen LogP contribution in [-0.4, -0.2) is 13.4 Å². The maximum atomic E-state index is 12.0. The number of sulfonamides is 1. The van der Waals surface area contributed by atoms with Gasteiger partial charge in [0.25, 0.3) is 10.0 Å². The summed E-state index contributed by atoms with van der Waals surface area (Å²) in [6, 6.07) is 8.35. The molecule has 1 aromatic heterocycles. The first-order valence-corrected chi connectivity index (χ1v) is 7.46. The number of nitrogens with zero attached hydrogens (tertiary/aromatic N) is 1. The van der Waals surface area contributed by atoms with Crippen molar-refractivity contribution in [3.8, 4) is 0 Å². The van der Waals surface area contributed by atoms with Gasteiger partial charge in [-0.15, -0.1) is 0 Å². The Hall–Kier alpha value is -1.40. The van der Waals surface area contributed by atoms with Gasteiger partial charge in [0.05, 0.1) is 0 Å². The third-order valence-corrected chi connectivity index (χ3v) is 4.61. The summed E-state index contributed by atoms with van der Waals surface area (Å²) in [5, 5.41) is 0. The predicted molar refractivity (Wildman–Crippen MR) is 73.9 cm³/mol. The summed E-state index contributed by atoms with van der Waals surface area (Å²) in [6.45, 7) is 1.89. The summed E-state index contributed by atoms with van der Waals surface area (Å²) in [4.78, 5) is 3.94. The first kappa shape index (κ1) is 13.0. The molecule has 0 amide bonds. The third kappa shape index (κ3) is 2.88. The minimum atomic E-state index is -3.57. The van der Waals surface area contributed by atoms with Crippen molar-refractivity contribution < 1.29 is 8.42 Å². The van der Waals surface area contributed by atoms with Gasteiger partial charge < -0.3 is 0 Å². The zero-order valence-corrected chi connectivity index (χ0v) is 12.0. The summed E-state index contributed by atoms with van der Waals surface area (Å²) in [5.74, 6) is 0. The number of halogens is 1. The second-order valence-corrected chi connectivity index (χ2v) is 6.29. The van der Waals surface area contributed by atoms with Crippen LogP contribution in [0.1, 0.15) is 5.56 Å². The van der Waals surface area contributed by atoms with E-state index in [-0.39, 0.29) is 4.90 Å². The molecule has 0 atom stereocenters. The van der Waals surface area contributed by atoms with Crippen LogP contribution in [0.2, 0.25) is 0 Å². The lowest BCUT2D eigenvalue weighted by Crippen LogP contribution is -2.13. The molecule has 0 saturated heterocycles. The van der Waals surface area contributed by atoms with Crippen molar-refractivity contribution in [1.29, 1.82) is 0 Å². The molecule has 0 radical (unpaired) electrons. The molecule has 0 aliphatic carbocycles. The van der Waals surface area contributed by atoms with E-state index in [1.54, 1.807) is 24.3 Å². The second-order valence-electron chi connectivity index (χ2n) is 3.76. The van der Waals surface area contributed by atoms with Crippen molar-refractivity contribution in [2.75, 3.05) is 4.72 Å². The average Bonchev–Trinajstić information content (AvgIpc) is 2.35. The standard InChI is InChI=1S/C12H11BrN2O2S/c1-9-7-10(4-5-12(9)13)15-18(16,17)11-3-2-6-14-8-11/h2-8,15H,1H3. The first-order chi connectivity index (χ1) is 8.49. The van der Waals surface area contributed by atoms with Gasteiger partial charge in [-0.2, -0.15) is 0 Å². The van der Waals surface area contributed by atoms with Gasteiger partial charge in [0.15, 0.2) is 0 Å². The van der Waals surface area contributed by atoms with Crippen molar-refractivity contribution in [3.05, 3.63) is 52.8 Å². The third-order valence-electron chi connectivity index (χ3n) is 2.35. The normalized spacial score (nSPS) is 11.2. The van der Waals surface area contributed by atoms with Gasteiger partial charge in [-0.1, -0.05) is 15.9 Å². The molecule has 0 aliphatic rings. The van der Waals surface area contributed by atoms with Crippen molar-refractivity contribution >= 4 is 31.6 Å². The number of aromatic nitrogens is 1. The Morgan fingerprint density at radius 2 is 2.06 bits per heavy atom. The van der Waals surface area contributed by atoms with Crippen molar-refractivity contribution in [2.24, 2.45) is 0 Å². The molecule has 0 bridgehead atoms. The molecule has 94 valence electrons. The lowest BCUT2D eigenvalue weighted by atomic mass is 10.2. The minimum Gasteiger partial charge on any atom is -0.280 e. The number of anilines is 1. The van der Waals surface area contributed by atoms with E-state index in [9.17, 15) is 8.42 Å². The van der Waals surface area contributed by atoms with E-state index < -0.39 is 10.0 Å². The summed E-state index contributed by atoms with van der Waals surface area (Å²) in [7, 11) is -3.57. The molecule has 0 fully saturated rings. The highest BCUT2D eigenvalue weighted by Crippen LogP contribution is 2.22. The summed E-state index contributed by atoms with van der Waals surface area (Å²) in [5.41, 5.74) is 1.49. The van der Waals surface area contributed by atoms with E-state index in [0.717, 1.165) is 10.0 Å². The van der Waals surface area contributed by atoms with Crippen LogP contribution in [0, 0.1) is 6.92 Å². The minimum absolute atomic E-state index is 0.144. The Bertz CT molecular complexity index is 657. The quantitative estimate of drug-likeness (QED) is 0.943. The molecule has 0 spiro atoms. The largest absolute Gasteiger partial charge is 0.280 e. The van der Waals surface area contributed by atoms with Crippen LogP contribution in [0.15, 0.2) is 52.1 Å². The molecule has 4 nitrogen and oxygen atoms in total. The fourth-order valence-electron chi connectivity index (χ4n) is 1.43. The molecule has 0 aliphatic heterocycles. The van der Waals surface area contributed by atoms with Gasteiger partial charge in [0.1, 0.15) is 4.90 Å². The zero-order chi connectivity index (χ0) is 13.2. The maximum absolute atomic E-state index is 12.0. The molecule has 6 heteroatoms. The number of nitrogens with one attached hydrogen (secondary N) is 1. The highest BCUT2D eigenvalue weighted by atomic mass is 79.9. The fourth-order valence-corrected chi connectivity index (χ4v) is 2.69. The molecule has 2 aromatic rings. The molecular weight excluding hydrogens is 316 g/mol. The molecule has 0 saturated carbocycles. The van der Waals surface area contributed by atoms with Crippen LogP contribution in [0.3, 0.4) is 0 Å². The van der Waals surface area contributed by atoms with Gasteiger partial charge in [-0.25, -0.2) is 8.42 Å². The SMILES string of the molecule is Cc1cc(NS(=O)(=O)c2cccnc2)ccc1Br. The Kier molecular flexibility index (Phi) is 3.68. The molecule has 1 N–H and O–H groups in total. The number of rotatable bonds is 3. The number of aryl methyl sites for hydroxylation is 1. The second kappa shape index (κ2) is 5.07. The van der Waals surface area contributed by atoms with Crippen molar-refractivity contribution in [1.82, 2.24) is 4.98 Å². The Balaban J connectivity index is 2.31. The van der Waals surface area contributed by atoms with E-state index in [1.165, 1.54) is 18.5 Å². The fraction of sp³-hybridized carbons (Fsp3) is 0.0833. The van der Waals surface area contributed by atoms with Crippen molar-refractivity contribution in [2.45, 2.75) is 11.8 Å². The summed E-state index contributed by atoms with van der Waals surface area (Å²) >= 11 is 3.37. The highest BCUT2D eigenvalue weighted by molar-refractivity contribution is 9.10. The topological polar surface area (TPSA) is 59.1 Å². The van der Waals surface area contributed by atoms with Crippen LogP contribution < -0.4 is 4.72 Å². The van der Waals surface area contributed by atoms with Gasteiger partial charge in [0, 0.05) is 22.6 Å². The maximum Gasteiger partial charge on any atom is 0.263 e. The van der Waals surface area contributed by atoms with E-state index in [4.69, 9.17) is 0 Å². The average molecular weight is 327 g/mol.